The monoisotopic (exact) mass is 386 g/mol. The van der Waals surface area contributed by atoms with Crippen molar-refractivity contribution in [2.24, 2.45) is 5.41 Å². The second-order valence-corrected chi connectivity index (χ2v) is 11.1. The molecule has 0 heterocycles. The van der Waals surface area contributed by atoms with Crippen molar-refractivity contribution in [1.29, 1.82) is 0 Å². The molecule has 0 aromatic rings. The van der Waals surface area contributed by atoms with Gasteiger partial charge in [0.25, 0.3) is 0 Å². The highest BCUT2D eigenvalue weighted by Crippen LogP contribution is 2.24. The van der Waals surface area contributed by atoms with E-state index in [2.05, 4.69) is 37.8 Å². The van der Waals surface area contributed by atoms with E-state index in [0.717, 1.165) is 19.4 Å². The zero-order valence-corrected chi connectivity index (χ0v) is 19.1. The molecule has 4 nitrogen and oxygen atoms in total. The standard InChI is InChI=1S/C21H42N2O2S/c1-20(2,3)18(24)17-22-19(25)23(7)15-13-11-9-8-10-12-14-16-26-21(4,5)6/h8-17H2,1-7H3,(H,22,25). The number of hydrogen-bond acceptors (Lipinski definition) is 3. The Bertz CT molecular complexity index is 411. The van der Waals surface area contributed by atoms with Crippen molar-refractivity contribution in [3.63, 3.8) is 0 Å². The summed E-state index contributed by atoms with van der Waals surface area (Å²) in [6.07, 6.45) is 8.67. The lowest BCUT2D eigenvalue weighted by Crippen LogP contribution is -2.42. The summed E-state index contributed by atoms with van der Waals surface area (Å²) in [5.74, 6) is 1.32. The first-order valence-electron chi connectivity index (χ1n) is 10.1. The van der Waals surface area contributed by atoms with Gasteiger partial charge in [0.15, 0.2) is 5.78 Å². The zero-order valence-electron chi connectivity index (χ0n) is 18.2. The van der Waals surface area contributed by atoms with E-state index in [0.29, 0.717) is 4.75 Å². The third-order valence-electron chi connectivity index (χ3n) is 4.26. The summed E-state index contributed by atoms with van der Waals surface area (Å²) in [5, 5.41) is 2.72. The summed E-state index contributed by atoms with van der Waals surface area (Å²) in [7, 11) is 1.80. The average Bonchev–Trinajstić information content (AvgIpc) is 2.51. The quantitative estimate of drug-likeness (QED) is 0.450. The van der Waals surface area contributed by atoms with Gasteiger partial charge in [-0.3, -0.25) is 4.79 Å². The van der Waals surface area contributed by atoms with Gasteiger partial charge in [-0.25, -0.2) is 4.79 Å². The Hall–Kier alpha value is -0.710. The smallest absolute Gasteiger partial charge is 0.317 e. The van der Waals surface area contributed by atoms with E-state index < -0.39 is 5.41 Å². The van der Waals surface area contributed by atoms with E-state index in [4.69, 9.17) is 0 Å². The zero-order chi connectivity index (χ0) is 20.2. The first-order valence-corrected chi connectivity index (χ1v) is 11.1. The van der Waals surface area contributed by atoms with Crippen LogP contribution in [-0.2, 0) is 4.79 Å². The molecule has 0 rings (SSSR count). The normalized spacial score (nSPS) is 12.1. The van der Waals surface area contributed by atoms with Gasteiger partial charge in [-0.05, 0) is 18.6 Å². The predicted octanol–water partition coefficient (Wildman–Crippen LogP) is 5.51. The fourth-order valence-corrected chi connectivity index (χ4v) is 3.33. The molecule has 0 bridgehead atoms. The molecule has 0 aromatic heterocycles. The number of carbonyl (C=O) groups is 2. The van der Waals surface area contributed by atoms with Crippen LogP contribution in [0.2, 0.25) is 0 Å². The van der Waals surface area contributed by atoms with Crippen molar-refractivity contribution in [1.82, 2.24) is 10.2 Å². The molecule has 26 heavy (non-hydrogen) atoms. The van der Waals surface area contributed by atoms with Crippen LogP contribution in [0.5, 0.6) is 0 Å². The van der Waals surface area contributed by atoms with Crippen LogP contribution in [0.1, 0.15) is 86.5 Å². The Kier molecular flexibility index (Phi) is 12.3. The van der Waals surface area contributed by atoms with Gasteiger partial charge in [-0.2, -0.15) is 11.8 Å². The van der Waals surface area contributed by atoms with Crippen molar-refractivity contribution in [3.05, 3.63) is 0 Å². The fraction of sp³-hybridized carbons (Fsp3) is 0.905. The molecule has 2 amide bonds. The molecular weight excluding hydrogens is 344 g/mol. The highest BCUT2D eigenvalue weighted by atomic mass is 32.2. The molecule has 0 fully saturated rings. The molecule has 0 unspecified atom stereocenters. The van der Waals surface area contributed by atoms with Crippen molar-refractivity contribution < 1.29 is 9.59 Å². The molecule has 0 spiro atoms. The molecule has 0 aromatic carbocycles. The number of rotatable bonds is 12. The van der Waals surface area contributed by atoms with E-state index in [9.17, 15) is 9.59 Å². The fourth-order valence-electron chi connectivity index (χ4n) is 2.37. The number of carbonyl (C=O) groups excluding carboxylic acids is 2. The summed E-state index contributed by atoms with van der Waals surface area (Å²) in [6, 6.07) is -0.154. The van der Waals surface area contributed by atoms with Gasteiger partial charge in [-0.1, -0.05) is 73.6 Å². The molecule has 154 valence electrons. The van der Waals surface area contributed by atoms with Crippen LogP contribution in [0.3, 0.4) is 0 Å². The molecular formula is C21H42N2O2S. The van der Waals surface area contributed by atoms with Crippen LogP contribution < -0.4 is 5.32 Å². The van der Waals surface area contributed by atoms with Gasteiger partial charge in [0.2, 0.25) is 0 Å². The molecule has 0 aliphatic carbocycles. The summed E-state index contributed by atoms with van der Waals surface area (Å²) in [6.45, 7) is 13.3. The predicted molar refractivity (Wildman–Crippen MR) is 115 cm³/mol. The second kappa shape index (κ2) is 12.6. The third-order valence-corrected chi connectivity index (χ3v) is 5.62. The molecule has 0 aliphatic heterocycles. The SMILES string of the molecule is CN(CCCCCCCCCSC(C)(C)C)C(=O)NCC(=O)C(C)(C)C. The lowest BCUT2D eigenvalue weighted by atomic mass is 9.91. The summed E-state index contributed by atoms with van der Waals surface area (Å²) < 4.78 is 0.387. The summed E-state index contributed by atoms with van der Waals surface area (Å²) >= 11 is 2.05. The highest BCUT2D eigenvalue weighted by molar-refractivity contribution is 8.00. The van der Waals surface area contributed by atoms with Crippen LogP contribution in [0, 0.1) is 5.41 Å². The number of thioether (sulfide) groups is 1. The first-order chi connectivity index (χ1) is 11.9. The number of Topliss-reactive ketones (excluding diaryl/α,β-unsaturated/α-hetero) is 1. The maximum Gasteiger partial charge on any atom is 0.317 e. The van der Waals surface area contributed by atoms with Crippen LogP contribution in [0.25, 0.3) is 0 Å². The van der Waals surface area contributed by atoms with Gasteiger partial charge in [-0.15, -0.1) is 0 Å². The van der Waals surface area contributed by atoms with Crippen molar-refractivity contribution in [2.75, 3.05) is 25.9 Å². The van der Waals surface area contributed by atoms with Gasteiger partial charge < -0.3 is 10.2 Å². The minimum absolute atomic E-state index is 0.0557. The summed E-state index contributed by atoms with van der Waals surface area (Å²) in [4.78, 5) is 25.5. The number of urea groups is 1. The number of hydrogen-bond donors (Lipinski definition) is 1. The Balaban J connectivity index is 3.57. The number of amides is 2. The summed E-state index contributed by atoms with van der Waals surface area (Å²) in [5.41, 5.74) is -0.405. The number of nitrogens with zero attached hydrogens (tertiary/aromatic N) is 1. The van der Waals surface area contributed by atoms with E-state index >= 15 is 0 Å². The van der Waals surface area contributed by atoms with Gasteiger partial charge in [0, 0.05) is 23.8 Å². The molecule has 0 radical (unpaired) electrons. The van der Waals surface area contributed by atoms with Crippen molar-refractivity contribution in [3.8, 4) is 0 Å². The topological polar surface area (TPSA) is 49.4 Å². The Labute approximate surface area is 166 Å². The second-order valence-electron chi connectivity index (χ2n) is 9.19. The average molecular weight is 387 g/mol. The van der Waals surface area contributed by atoms with Gasteiger partial charge in [0.1, 0.15) is 0 Å². The molecule has 0 saturated carbocycles. The minimum atomic E-state index is -0.405. The Morgan fingerprint density at radius 2 is 1.35 bits per heavy atom. The lowest BCUT2D eigenvalue weighted by Gasteiger charge is -2.20. The maximum atomic E-state index is 12.0. The van der Waals surface area contributed by atoms with Crippen LogP contribution in [0.4, 0.5) is 4.79 Å². The van der Waals surface area contributed by atoms with E-state index in [-0.39, 0.29) is 18.4 Å². The van der Waals surface area contributed by atoms with E-state index in [1.165, 1.54) is 37.9 Å². The molecule has 0 aliphatic rings. The molecule has 5 heteroatoms. The third kappa shape index (κ3) is 14.5. The Morgan fingerprint density at radius 3 is 1.85 bits per heavy atom. The molecule has 0 saturated heterocycles. The van der Waals surface area contributed by atoms with Gasteiger partial charge in [0.05, 0.1) is 6.54 Å². The number of unbranched alkanes of at least 4 members (excludes halogenated alkanes) is 6. The number of nitrogens with one attached hydrogen (secondary N) is 1. The number of ketones is 1. The van der Waals surface area contributed by atoms with Crippen molar-refractivity contribution in [2.45, 2.75) is 91.2 Å². The van der Waals surface area contributed by atoms with E-state index in [1.54, 1.807) is 11.9 Å². The lowest BCUT2D eigenvalue weighted by molar-refractivity contribution is -0.125. The minimum Gasteiger partial charge on any atom is -0.331 e. The largest absolute Gasteiger partial charge is 0.331 e. The molecule has 1 N–H and O–H groups in total. The Morgan fingerprint density at radius 1 is 0.846 bits per heavy atom. The van der Waals surface area contributed by atoms with Crippen LogP contribution in [0.15, 0.2) is 0 Å². The van der Waals surface area contributed by atoms with Gasteiger partial charge >= 0.3 is 6.03 Å². The van der Waals surface area contributed by atoms with E-state index in [1.807, 2.05) is 20.8 Å². The maximum absolute atomic E-state index is 12.0. The first kappa shape index (κ1) is 25.3. The van der Waals surface area contributed by atoms with Crippen LogP contribution in [-0.4, -0.2) is 47.4 Å². The van der Waals surface area contributed by atoms with Crippen LogP contribution >= 0.6 is 11.8 Å². The highest BCUT2D eigenvalue weighted by Gasteiger charge is 2.21. The molecule has 0 atom stereocenters. The van der Waals surface area contributed by atoms with Crippen molar-refractivity contribution >= 4 is 23.6 Å².